The highest BCUT2D eigenvalue weighted by Crippen LogP contribution is 2.54. The number of anilines is 3. The van der Waals surface area contributed by atoms with Crippen molar-refractivity contribution in [3.63, 3.8) is 0 Å². The van der Waals surface area contributed by atoms with Gasteiger partial charge in [0.25, 0.3) is 5.92 Å². The number of hydrogen-bond acceptors (Lipinski definition) is 9. The van der Waals surface area contributed by atoms with Gasteiger partial charge in [-0.15, -0.1) is 17.5 Å². The molecule has 3 aliphatic rings. The van der Waals surface area contributed by atoms with Crippen LogP contribution in [0.5, 0.6) is 0 Å². The van der Waals surface area contributed by atoms with Gasteiger partial charge in [-0.2, -0.15) is 0 Å². The van der Waals surface area contributed by atoms with Gasteiger partial charge in [0.15, 0.2) is 0 Å². The van der Waals surface area contributed by atoms with Crippen LogP contribution in [-0.2, 0) is 14.8 Å². The molecule has 16 heteroatoms. The Labute approximate surface area is 302 Å². The minimum absolute atomic E-state index is 0. The second kappa shape index (κ2) is 14.2. The van der Waals surface area contributed by atoms with Gasteiger partial charge < -0.3 is 14.9 Å². The molecule has 1 spiro atoms. The normalized spacial score (nSPS) is 18.8. The number of carboxylic acids is 1. The van der Waals surface area contributed by atoms with Crippen molar-refractivity contribution in [2.24, 2.45) is 5.41 Å². The Kier molecular flexibility index (Phi) is 10.2. The molecule has 1 aliphatic carbocycles. The molecule has 1 saturated carbocycles. The summed E-state index contributed by atoms with van der Waals surface area (Å²) in [6.07, 6.45) is 7.65. The number of hydrogen-bond donors (Lipinski definition) is 2. The summed E-state index contributed by atoms with van der Waals surface area (Å²) < 4.78 is 58.6. The highest BCUT2D eigenvalue weighted by atomic mass is 35.5. The maximum atomic E-state index is 14.0. The van der Waals surface area contributed by atoms with Gasteiger partial charge in [-0.25, -0.2) is 21.9 Å². The number of alkyl halides is 2. The minimum atomic E-state index is -3.84. The lowest BCUT2D eigenvalue weighted by Crippen LogP contribution is -2.39. The van der Waals surface area contributed by atoms with Gasteiger partial charge >= 0.3 is 5.97 Å². The number of likely N-dealkylation sites (N-methyl/N-ethyl adjacent to an activating group) is 1. The van der Waals surface area contributed by atoms with Crippen LogP contribution >= 0.6 is 12.4 Å². The molecule has 4 heterocycles. The lowest BCUT2D eigenvalue weighted by atomic mass is 9.93. The van der Waals surface area contributed by atoms with Gasteiger partial charge in [-0.3, -0.25) is 19.4 Å². The molecule has 3 fully saturated rings. The largest absolute Gasteiger partial charge is 0.480 e. The van der Waals surface area contributed by atoms with Gasteiger partial charge in [0.2, 0.25) is 10.0 Å². The van der Waals surface area contributed by atoms with Crippen molar-refractivity contribution in [1.82, 2.24) is 24.9 Å². The fourth-order valence-corrected chi connectivity index (χ4v) is 8.31. The van der Waals surface area contributed by atoms with Crippen LogP contribution in [0.4, 0.5) is 25.8 Å². The van der Waals surface area contributed by atoms with E-state index < -0.39 is 28.0 Å². The van der Waals surface area contributed by atoms with E-state index in [2.05, 4.69) is 24.9 Å². The molecule has 1 atom stereocenters. The van der Waals surface area contributed by atoms with Crippen molar-refractivity contribution in [2.45, 2.75) is 56.9 Å². The molecule has 274 valence electrons. The first-order chi connectivity index (χ1) is 23.8. The average molecular weight is 745 g/mol. The number of benzene rings is 2. The lowest BCUT2D eigenvalue weighted by molar-refractivity contribution is -0.142. The van der Waals surface area contributed by atoms with Crippen LogP contribution in [0, 0.1) is 5.41 Å². The van der Waals surface area contributed by atoms with E-state index in [-0.39, 0.29) is 50.5 Å². The molecule has 2 saturated heterocycles. The zero-order chi connectivity index (χ0) is 35.3. The first kappa shape index (κ1) is 36.7. The van der Waals surface area contributed by atoms with E-state index >= 15 is 0 Å². The van der Waals surface area contributed by atoms with Crippen LogP contribution in [0.15, 0.2) is 54.9 Å². The molecule has 2 N–H and O–H groups in total. The molecule has 2 aromatic heterocycles. The van der Waals surface area contributed by atoms with Crippen molar-refractivity contribution in [2.75, 3.05) is 60.5 Å². The molecule has 12 nitrogen and oxygen atoms in total. The Balaban J connectivity index is 0.00000448. The van der Waals surface area contributed by atoms with E-state index in [0.717, 1.165) is 53.8 Å². The number of carbonyl (C=O) groups is 1. The topological polar surface area (TPSA) is 137 Å². The van der Waals surface area contributed by atoms with Crippen LogP contribution in [0.25, 0.3) is 27.8 Å². The minimum Gasteiger partial charge on any atom is -0.480 e. The van der Waals surface area contributed by atoms with Crippen molar-refractivity contribution in [3.05, 3.63) is 54.9 Å². The standard InChI is InChI=1S/C35H42F2N8O4S.ClH/c1-42(2)29(33(46)47)7-19-50(48,49)40-25-5-6-27(30(21-25)43-15-10-34(8-9-34)11-16-43)28-23-45(41-39-28)26-20-24-4-3-14-38-32(24)31(22-26)44-17-12-35(36,37)13-18-44;/h3-6,14,20-23,29,40H,7-13,15-19H2,1-2H3,(H,46,47);1H. The van der Waals surface area contributed by atoms with Gasteiger partial charge in [0, 0.05) is 61.9 Å². The molecule has 2 aromatic carbocycles. The number of rotatable bonds is 11. The van der Waals surface area contributed by atoms with Gasteiger partial charge in [-0.1, -0.05) is 11.3 Å². The summed E-state index contributed by atoms with van der Waals surface area (Å²) in [4.78, 5) is 21.9. The van der Waals surface area contributed by atoms with E-state index in [1.165, 1.54) is 17.7 Å². The maximum Gasteiger partial charge on any atom is 0.320 e. The van der Waals surface area contributed by atoms with E-state index in [1.54, 1.807) is 31.0 Å². The fourth-order valence-electron chi connectivity index (χ4n) is 7.19. The molecule has 0 amide bonds. The first-order valence-corrected chi connectivity index (χ1v) is 18.7. The predicted molar refractivity (Wildman–Crippen MR) is 196 cm³/mol. The third-order valence-corrected chi connectivity index (χ3v) is 11.8. The Morgan fingerprint density at radius 1 is 0.980 bits per heavy atom. The second-order valence-corrected chi connectivity index (χ2v) is 16.0. The van der Waals surface area contributed by atoms with E-state index in [0.29, 0.717) is 22.5 Å². The van der Waals surface area contributed by atoms with E-state index in [4.69, 9.17) is 0 Å². The summed E-state index contributed by atoms with van der Waals surface area (Å²) in [5.41, 5.74) is 5.27. The fraction of sp³-hybridized carbons (Fsp3) is 0.486. The Hall–Kier alpha value is -4.08. The van der Waals surface area contributed by atoms with Crippen molar-refractivity contribution >= 4 is 56.4 Å². The van der Waals surface area contributed by atoms with Crippen molar-refractivity contribution in [1.29, 1.82) is 0 Å². The summed E-state index contributed by atoms with van der Waals surface area (Å²) in [5.74, 6) is -4.09. The summed E-state index contributed by atoms with van der Waals surface area (Å²) in [5, 5.41) is 19.4. The van der Waals surface area contributed by atoms with Crippen LogP contribution in [0.3, 0.4) is 0 Å². The summed E-state index contributed by atoms with van der Waals surface area (Å²) >= 11 is 0. The van der Waals surface area contributed by atoms with Gasteiger partial charge in [-0.05, 0) is 88.0 Å². The van der Waals surface area contributed by atoms with Crippen molar-refractivity contribution < 1.29 is 27.1 Å². The summed E-state index contributed by atoms with van der Waals surface area (Å²) in [6.45, 7) is 2.10. The highest BCUT2D eigenvalue weighted by molar-refractivity contribution is 7.92. The zero-order valence-electron chi connectivity index (χ0n) is 28.6. The quantitative estimate of drug-likeness (QED) is 0.198. The maximum absolute atomic E-state index is 14.0. The molecule has 0 radical (unpaired) electrons. The number of pyridine rings is 1. The average Bonchev–Trinajstić information content (AvgIpc) is 3.63. The number of piperidine rings is 2. The van der Waals surface area contributed by atoms with Crippen LogP contribution < -0.4 is 14.5 Å². The number of aromatic nitrogens is 4. The SMILES string of the molecule is CN(C)C(CCS(=O)(=O)Nc1ccc(-c2cn(-c3cc(N4CCC(F)(F)CC4)c4ncccc4c3)nn2)c(N2CCC3(CC2)CC3)c1)C(=O)O.Cl. The zero-order valence-corrected chi connectivity index (χ0v) is 30.3. The molecule has 2 aliphatic heterocycles. The number of nitrogens with zero attached hydrogens (tertiary/aromatic N) is 7. The van der Waals surface area contributed by atoms with Crippen LogP contribution in [-0.4, -0.2) is 102 Å². The Morgan fingerprint density at radius 3 is 2.33 bits per heavy atom. The third kappa shape index (κ3) is 8.05. The molecular formula is C35H43ClF2N8O4S. The lowest BCUT2D eigenvalue weighted by Gasteiger charge is -2.35. The van der Waals surface area contributed by atoms with E-state index in [1.807, 2.05) is 47.5 Å². The Bertz CT molecular complexity index is 2000. The summed E-state index contributed by atoms with van der Waals surface area (Å²) in [7, 11) is -0.622. The monoisotopic (exact) mass is 744 g/mol. The van der Waals surface area contributed by atoms with Crippen molar-refractivity contribution in [3.8, 4) is 16.9 Å². The molecule has 7 rings (SSSR count). The number of halogens is 3. The molecule has 1 unspecified atom stereocenters. The van der Waals surface area contributed by atoms with Gasteiger partial charge in [0.1, 0.15) is 11.7 Å². The highest BCUT2D eigenvalue weighted by Gasteiger charge is 2.44. The second-order valence-electron chi connectivity index (χ2n) is 14.2. The molecule has 51 heavy (non-hydrogen) atoms. The van der Waals surface area contributed by atoms with E-state index in [9.17, 15) is 27.1 Å². The molecule has 4 aromatic rings. The first-order valence-electron chi connectivity index (χ1n) is 17.0. The predicted octanol–water partition coefficient (Wildman–Crippen LogP) is 5.67. The number of aliphatic carboxylic acids is 1. The summed E-state index contributed by atoms with van der Waals surface area (Å²) in [6, 6.07) is 12.1. The third-order valence-electron chi connectivity index (χ3n) is 10.5. The van der Waals surface area contributed by atoms with Gasteiger partial charge in [0.05, 0.1) is 34.5 Å². The number of carboxylic acid groups (broad SMARTS) is 1. The number of nitrogens with one attached hydrogen (secondary N) is 1. The van der Waals surface area contributed by atoms with Crippen LogP contribution in [0.1, 0.15) is 44.9 Å². The Morgan fingerprint density at radius 2 is 1.67 bits per heavy atom. The smallest absolute Gasteiger partial charge is 0.320 e. The number of fused-ring (bicyclic) bond motifs is 1. The molecular weight excluding hydrogens is 702 g/mol. The van der Waals surface area contributed by atoms with Crippen LogP contribution in [0.2, 0.25) is 0 Å². The number of sulfonamides is 1. The molecule has 0 bridgehead atoms.